The first kappa shape index (κ1) is 21.6. The zero-order valence-corrected chi connectivity index (χ0v) is 18.7. The number of hydrogen-bond acceptors (Lipinski definition) is 4. The van der Waals surface area contributed by atoms with E-state index in [0.29, 0.717) is 37.3 Å². The van der Waals surface area contributed by atoms with Crippen molar-refractivity contribution in [2.45, 2.75) is 5.16 Å². The van der Waals surface area contributed by atoms with E-state index in [2.05, 4.69) is 15.5 Å². The first-order valence-electron chi connectivity index (χ1n) is 7.68. The third-order valence-electron chi connectivity index (χ3n) is 3.61. The molecule has 1 amide bonds. The van der Waals surface area contributed by atoms with E-state index in [9.17, 15) is 4.79 Å². The van der Waals surface area contributed by atoms with Gasteiger partial charge in [-0.15, -0.1) is 10.2 Å². The van der Waals surface area contributed by atoms with E-state index in [4.69, 9.17) is 58.0 Å². The number of carbonyl (C=O) groups excluding carboxylic acids is 1. The van der Waals surface area contributed by atoms with Gasteiger partial charge in [0.25, 0.3) is 0 Å². The van der Waals surface area contributed by atoms with Crippen LogP contribution in [0.3, 0.4) is 0 Å². The fraction of sp³-hybridized carbons (Fsp3) is 0.118. The Balaban J connectivity index is 1.70. The summed E-state index contributed by atoms with van der Waals surface area (Å²) >= 11 is 31.4. The van der Waals surface area contributed by atoms with Crippen molar-refractivity contribution in [3.8, 4) is 11.4 Å². The number of benzene rings is 2. The maximum atomic E-state index is 12.3. The van der Waals surface area contributed by atoms with E-state index < -0.39 is 0 Å². The Morgan fingerprint density at radius 1 is 1.00 bits per heavy atom. The molecule has 5 nitrogen and oxygen atoms in total. The molecule has 0 bridgehead atoms. The summed E-state index contributed by atoms with van der Waals surface area (Å²) in [6.07, 6.45) is 0. The first-order chi connectivity index (χ1) is 13.3. The molecular formula is C17H11Cl5N4OS. The zero-order valence-electron chi connectivity index (χ0n) is 14.1. The summed E-state index contributed by atoms with van der Waals surface area (Å²) in [4.78, 5) is 12.3. The number of carbonyl (C=O) groups is 1. The van der Waals surface area contributed by atoms with Crippen LogP contribution in [0.1, 0.15) is 0 Å². The molecule has 0 atom stereocenters. The van der Waals surface area contributed by atoms with Crippen molar-refractivity contribution in [2.75, 3.05) is 11.1 Å². The van der Waals surface area contributed by atoms with Crippen molar-refractivity contribution in [3.63, 3.8) is 0 Å². The molecule has 0 aliphatic carbocycles. The molecule has 3 rings (SSSR count). The quantitative estimate of drug-likeness (QED) is 0.411. The van der Waals surface area contributed by atoms with E-state index in [0.717, 1.165) is 0 Å². The number of anilines is 1. The van der Waals surface area contributed by atoms with Crippen molar-refractivity contribution in [1.29, 1.82) is 0 Å². The van der Waals surface area contributed by atoms with Crippen LogP contribution in [0.2, 0.25) is 25.1 Å². The Morgan fingerprint density at radius 3 is 2.29 bits per heavy atom. The molecule has 0 unspecified atom stereocenters. The second-order valence-electron chi connectivity index (χ2n) is 5.57. The molecule has 1 heterocycles. The Morgan fingerprint density at radius 2 is 1.64 bits per heavy atom. The number of aromatic nitrogens is 3. The second kappa shape index (κ2) is 9.11. The van der Waals surface area contributed by atoms with Gasteiger partial charge >= 0.3 is 0 Å². The lowest BCUT2D eigenvalue weighted by atomic mass is 10.2. The topological polar surface area (TPSA) is 59.8 Å². The molecule has 0 saturated heterocycles. The summed E-state index contributed by atoms with van der Waals surface area (Å²) in [5, 5.41) is 13.4. The van der Waals surface area contributed by atoms with E-state index in [1.165, 1.54) is 23.9 Å². The molecule has 0 spiro atoms. The largest absolute Gasteiger partial charge is 0.323 e. The molecule has 0 radical (unpaired) electrons. The molecule has 0 fully saturated rings. The van der Waals surface area contributed by atoms with Gasteiger partial charge in [0.15, 0.2) is 11.0 Å². The van der Waals surface area contributed by atoms with Gasteiger partial charge in [-0.1, -0.05) is 69.8 Å². The summed E-state index contributed by atoms with van der Waals surface area (Å²) in [6.45, 7) is 0. The Kier molecular flexibility index (Phi) is 7.02. The second-order valence-corrected chi connectivity index (χ2v) is 8.61. The smallest absolute Gasteiger partial charge is 0.234 e. The van der Waals surface area contributed by atoms with Gasteiger partial charge in [0, 0.05) is 22.7 Å². The average molecular weight is 497 g/mol. The molecule has 0 aliphatic heterocycles. The van der Waals surface area contributed by atoms with Gasteiger partial charge in [0.05, 0.1) is 26.5 Å². The van der Waals surface area contributed by atoms with Gasteiger partial charge in [-0.2, -0.15) is 0 Å². The third-order valence-corrected chi connectivity index (χ3v) is 5.99. The van der Waals surface area contributed by atoms with Gasteiger partial charge in [-0.05, 0) is 30.3 Å². The van der Waals surface area contributed by atoms with Crippen LogP contribution in [0.15, 0.2) is 35.5 Å². The minimum Gasteiger partial charge on any atom is -0.323 e. The van der Waals surface area contributed by atoms with Crippen LogP contribution in [0.25, 0.3) is 11.4 Å². The maximum Gasteiger partial charge on any atom is 0.234 e. The van der Waals surface area contributed by atoms with Gasteiger partial charge in [-0.3, -0.25) is 4.79 Å². The lowest BCUT2D eigenvalue weighted by molar-refractivity contribution is -0.113. The summed E-state index contributed by atoms with van der Waals surface area (Å²) in [7, 11) is 1.79. The Labute approximate surface area is 190 Å². The average Bonchev–Trinajstić information content (AvgIpc) is 2.97. The lowest BCUT2D eigenvalue weighted by Gasteiger charge is -2.10. The highest BCUT2D eigenvalue weighted by Gasteiger charge is 2.16. The molecule has 3 aromatic rings. The summed E-state index contributed by atoms with van der Waals surface area (Å²) < 4.78 is 1.75. The normalized spacial score (nSPS) is 10.9. The molecule has 11 heteroatoms. The number of rotatable bonds is 5. The van der Waals surface area contributed by atoms with Crippen LogP contribution < -0.4 is 5.32 Å². The Hall–Kier alpha value is -1.15. The van der Waals surface area contributed by atoms with Gasteiger partial charge in [-0.25, -0.2) is 0 Å². The first-order valence-corrected chi connectivity index (χ1v) is 10.6. The van der Waals surface area contributed by atoms with Crippen molar-refractivity contribution in [2.24, 2.45) is 7.05 Å². The molecule has 2 aromatic carbocycles. The number of nitrogens with zero attached hydrogens (tertiary/aromatic N) is 3. The standard InChI is InChI=1S/C17H11Cl5N4OS/c1-26-16(10-3-2-8(18)4-11(10)20)24-25-17(26)28-7-14(27)23-15-12(21)5-9(19)6-13(15)22/h2-6H,7H2,1H3,(H,23,27). The predicted octanol–water partition coefficient (Wildman–Crippen LogP) is 6.48. The van der Waals surface area contributed by atoms with Crippen molar-refractivity contribution < 1.29 is 4.79 Å². The number of nitrogens with one attached hydrogen (secondary N) is 1. The van der Waals surface area contributed by atoms with Crippen molar-refractivity contribution in [1.82, 2.24) is 14.8 Å². The minimum absolute atomic E-state index is 0.0790. The molecule has 28 heavy (non-hydrogen) atoms. The van der Waals surface area contributed by atoms with Crippen LogP contribution in [-0.4, -0.2) is 26.4 Å². The SMILES string of the molecule is Cn1c(SCC(=O)Nc2c(Cl)cc(Cl)cc2Cl)nnc1-c1ccc(Cl)cc1Cl. The molecule has 146 valence electrons. The maximum absolute atomic E-state index is 12.3. The fourth-order valence-corrected chi connectivity index (χ4v) is 4.43. The highest BCUT2D eigenvalue weighted by atomic mass is 35.5. The molecule has 0 aliphatic rings. The van der Waals surface area contributed by atoms with E-state index in [1.54, 1.807) is 29.8 Å². The fourth-order valence-electron chi connectivity index (χ4n) is 2.31. The molecule has 1 aromatic heterocycles. The summed E-state index contributed by atoms with van der Waals surface area (Å²) in [5.74, 6) is 0.342. The van der Waals surface area contributed by atoms with Crippen LogP contribution >= 0.6 is 69.8 Å². The van der Waals surface area contributed by atoms with Crippen LogP contribution in [0.4, 0.5) is 5.69 Å². The van der Waals surface area contributed by atoms with Crippen LogP contribution in [-0.2, 0) is 11.8 Å². The van der Waals surface area contributed by atoms with Crippen molar-refractivity contribution in [3.05, 3.63) is 55.4 Å². The third kappa shape index (κ3) is 4.87. The van der Waals surface area contributed by atoms with Gasteiger partial charge in [0.1, 0.15) is 0 Å². The Bertz CT molecular complexity index is 1030. The van der Waals surface area contributed by atoms with Crippen molar-refractivity contribution >= 4 is 81.4 Å². The van der Waals surface area contributed by atoms with E-state index in [1.807, 2.05) is 0 Å². The van der Waals surface area contributed by atoms with Crippen LogP contribution in [0.5, 0.6) is 0 Å². The summed E-state index contributed by atoms with van der Waals surface area (Å²) in [5.41, 5.74) is 1.00. The van der Waals surface area contributed by atoms with Crippen LogP contribution in [0, 0.1) is 0 Å². The highest BCUT2D eigenvalue weighted by Crippen LogP contribution is 2.34. The van der Waals surface area contributed by atoms with E-state index >= 15 is 0 Å². The molecule has 0 saturated carbocycles. The number of thioether (sulfide) groups is 1. The molecular weight excluding hydrogens is 486 g/mol. The lowest BCUT2D eigenvalue weighted by Crippen LogP contribution is -2.15. The zero-order chi connectivity index (χ0) is 20.4. The number of amides is 1. The van der Waals surface area contributed by atoms with Gasteiger partial charge < -0.3 is 9.88 Å². The minimum atomic E-state index is -0.301. The number of halogens is 5. The number of hydrogen-bond donors (Lipinski definition) is 1. The van der Waals surface area contributed by atoms with E-state index in [-0.39, 0.29) is 21.7 Å². The predicted molar refractivity (Wildman–Crippen MR) is 117 cm³/mol. The van der Waals surface area contributed by atoms with Gasteiger partial charge in [0.2, 0.25) is 5.91 Å². The monoisotopic (exact) mass is 494 g/mol. The summed E-state index contributed by atoms with van der Waals surface area (Å²) in [6, 6.07) is 8.12. The molecule has 1 N–H and O–H groups in total. The highest BCUT2D eigenvalue weighted by molar-refractivity contribution is 7.99.